The van der Waals surface area contributed by atoms with Crippen molar-refractivity contribution in [2.75, 3.05) is 11.1 Å². The van der Waals surface area contributed by atoms with Gasteiger partial charge in [-0.05, 0) is 18.2 Å². The maximum atomic E-state index is 8.90. The third kappa shape index (κ3) is 2.06. The second kappa shape index (κ2) is 4.27. The van der Waals surface area contributed by atoms with E-state index in [1.165, 1.54) is 0 Å². The molecule has 0 atom stereocenters. The predicted molar refractivity (Wildman–Crippen MR) is 57.1 cm³/mol. The van der Waals surface area contributed by atoms with Crippen molar-refractivity contribution in [1.29, 1.82) is 5.26 Å². The third-order valence-electron chi connectivity index (χ3n) is 1.99. The van der Waals surface area contributed by atoms with Crippen molar-refractivity contribution in [3.8, 4) is 6.07 Å². The molecule has 7 heteroatoms. The molecular formula is C9H9N7. The lowest BCUT2D eigenvalue weighted by molar-refractivity contribution is 0.881. The summed E-state index contributed by atoms with van der Waals surface area (Å²) in [6.07, 6.45) is 0. The molecule has 16 heavy (non-hydrogen) atoms. The molecule has 0 saturated carbocycles. The maximum absolute atomic E-state index is 8.90. The first kappa shape index (κ1) is 9.92. The first-order valence-electron chi connectivity index (χ1n) is 4.55. The number of rotatable bonds is 3. The normalized spacial score (nSPS) is 9.69. The van der Waals surface area contributed by atoms with Gasteiger partial charge in [0.2, 0.25) is 0 Å². The van der Waals surface area contributed by atoms with Crippen LogP contribution in [0.3, 0.4) is 0 Å². The lowest BCUT2D eigenvalue weighted by Gasteiger charge is -2.06. The molecule has 0 bridgehead atoms. The average molecular weight is 215 g/mol. The number of nitrogens with two attached hydrogens (primary N) is 1. The maximum Gasteiger partial charge on any atom is 0.193 e. The summed E-state index contributed by atoms with van der Waals surface area (Å²) in [5.74, 6) is 0.528. The van der Waals surface area contributed by atoms with E-state index in [4.69, 9.17) is 11.0 Å². The highest BCUT2D eigenvalue weighted by Crippen LogP contribution is 2.18. The minimum absolute atomic E-state index is 0.398. The number of hydrogen-bond donors (Lipinski definition) is 3. The number of nitrogens with zero attached hydrogens (tertiary/aromatic N) is 4. The number of nitriles is 1. The fourth-order valence-corrected chi connectivity index (χ4v) is 1.24. The molecule has 1 aromatic carbocycles. The van der Waals surface area contributed by atoms with Crippen molar-refractivity contribution in [2.45, 2.75) is 6.54 Å². The SMILES string of the molecule is N#Cc1cc(N)ccc1NCc1nn[nH]n1. The Morgan fingerprint density at radius 1 is 1.50 bits per heavy atom. The summed E-state index contributed by atoms with van der Waals surface area (Å²) in [6, 6.07) is 7.14. The number of anilines is 2. The Hall–Kier alpha value is -2.62. The molecule has 0 fully saturated rings. The Morgan fingerprint density at radius 3 is 3.06 bits per heavy atom. The third-order valence-corrected chi connectivity index (χ3v) is 1.99. The van der Waals surface area contributed by atoms with Gasteiger partial charge < -0.3 is 11.1 Å². The lowest BCUT2D eigenvalue weighted by Crippen LogP contribution is -2.03. The minimum atomic E-state index is 0.398. The molecule has 1 heterocycles. The highest BCUT2D eigenvalue weighted by atomic mass is 15.5. The predicted octanol–water partition coefficient (Wildman–Crippen LogP) is 0.266. The van der Waals surface area contributed by atoms with E-state index in [1.54, 1.807) is 18.2 Å². The van der Waals surface area contributed by atoms with E-state index >= 15 is 0 Å². The monoisotopic (exact) mass is 215 g/mol. The molecule has 0 radical (unpaired) electrons. The van der Waals surface area contributed by atoms with Gasteiger partial charge in [0.15, 0.2) is 5.82 Å². The fraction of sp³-hybridized carbons (Fsp3) is 0.111. The Labute approximate surface area is 91.3 Å². The summed E-state index contributed by atoms with van der Waals surface area (Å²) in [7, 11) is 0. The van der Waals surface area contributed by atoms with E-state index in [2.05, 4.69) is 32.0 Å². The molecule has 2 rings (SSSR count). The molecule has 7 nitrogen and oxygen atoms in total. The molecule has 2 aromatic rings. The lowest BCUT2D eigenvalue weighted by atomic mass is 10.1. The van der Waals surface area contributed by atoms with Crippen LogP contribution in [0.5, 0.6) is 0 Å². The highest BCUT2D eigenvalue weighted by molar-refractivity contribution is 5.62. The molecule has 0 unspecified atom stereocenters. The molecular weight excluding hydrogens is 206 g/mol. The minimum Gasteiger partial charge on any atom is -0.399 e. The highest BCUT2D eigenvalue weighted by Gasteiger charge is 2.03. The van der Waals surface area contributed by atoms with Crippen LogP contribution in [0.2, 0.25) is 0 Å². The van der Waals surface area contributed by atoms with Gasteiger partial charge in [0, 0.05) is 5.69 Å². The van der Waals surface area contributed by atoms with E-state index in [0.29, 0.717) is 29.3 Å². The Balaban J connectivity index is 2.13. The van der Waals surface area contributed by atoms with Crippen LogP contribution in [0, 0.1) is 11.3 Å². The molecule has 1 aromatic heterocycles. The Kier molecular flexibility index (Phi) is 2.65. The van der Waals surface area contributed by atoms with Crippen LogP contribution in [0.15, 0.2) is 18.2 Å². The molecule has 0 amide bonds. The van der Waals surface area contributed by atoms with Gasteiger partial charge in [0.1, 0.15) is 6.07 Å². The number of nitrogen functional groups attached to an aromatic ring is 1. The second-order valence-corrected chi connectivity index (χ2v) is 3.10. The number of hydrogen-bond acceptors (Lipinski definition) is 6. The number of aromatic nitrogens is 4. The van der Waals surface area contributed by atoms with Crippen LogP contribution in [-0.4, -0.2) is 20.6 Å². The van der Waals surface area contributed by atoms with Gasteiger partial charge in [0.05, 0.1) is 17.8 Å². The van der Waals surface area contributed by atoms with Crippen molar-refractivity contribution >= 4 is 11.4 Å². The largest absolute Gasteiger partial charge is 0.399 e. The molecule has 0 saturated heterocycles. The van der Waals surface area contributed by atoms with Crippen LogP contribution in [0.4, 0.5) is 11.4 Å². The van der Waals surface area contributed by atoms with Crippen molar-refractivity contribution in [3.63, 3.8) is 0 Å². The molecule has 80 valence electrons. The van der Waals surface area contributed by atoms with Crippen LogP contribution in [-0.2, 0) is 6.54 Å². The topological polar surface area (TPSA) is 116 Å². The quantitative estimate of drug-likeness (QED) is 0.632. The van der Waals surface area contributed by atoms with E-state index < -0.39 is 0 Å². The van der Waals surface area contributed by atoms with E-state index in [1.807, 2.05) is 0 Å². The number of benzene rings is 1. The van der Waals surface area contributed by atoms with Gasteiger partial charge in [-0.25, -0.2) is 0 Å². The average Bonchev–Trinajstić information content (AvgIpc) is 2.80. The molecule has 4 N–H and O–H groups in total. The molecule has 0 aliphatic heterocycles. The fourth-order valence-electron chi connectivity index (χ4n) is 1.24. The van der Waals surface area contributed by atoms with Gasteiger partial charge in [-0.1, -0.05) is 5.21 Å². The van der Waals surface area contributed by atoms with Crippen molar-refractivity contribution in [1.82, 2.24) is 20.6 Å². The summed E-state index contributed by atoms with van der Waals surface area (Å²) < 4.78 is 0. The Morgan fingerprint density at radius 2 is 2.38 bits per heavy atom. The summed E-state index contributed by atoms with van der Waals surface area (Å²) in [4.78, 5) is 0. The van der Waals surface area contributed by atoms with Crippen molar-refractivity contribution in [2.24, 2.45) is 0 Å². The van der Waals surface area contributed by atoms with E-state index in [9.17, 15) is 0 Å². The van der Waals surface area contributed by atoms with Crippen LogP contribution in [0.1, 0.15) is 11.4 Å². The van der Waals surface area contributed by atoms with Gasteiger partial charge >= 0.3 is 0 Å². The summed E-state index contributed by atoms with van der Waals surface area (Å²) in [5.41, 5.74) is 7.32. The molecule has 0 spiro atoms. The number of H-pyrrole nitrogens is 1. The number of tetrazole rings is 1. The van der Waals surface area contributed by atoms with Gasteiger partial charge in [-0.3, -0.25) is 0 Å². The Bertz CT molecular complexity index is 511. The zero-order chi connectivity index (χ0) is 11.4. The summed E-state index contributed by atoms with van der Waals surface area (Å²) in [6.45, 7) is 0.398. The number of nitrogens with one attached hydrogen (secondary N) is 2. The van der Waals surface area contributed by atoms with Gasteiger partial charge in [0.25, 0.3) is 0 Å². The second-order valence-electron chi connectivity index (χ2n) is 3.10. The first-order chi connectivity index (χ1) is 7.79. The van der Waals surface area contributed by atoms with Crippen LogP contribution in [0.25, 0.3) is 0 Å². The summed E-state index contributed by atoms with van der Waals surface area (Å²) in [5, 5.41) is 25.3. The number of aromatic amines is 1. The zero-order valence-corrected chi connectivity index (χ0v) is 8.31. The zero-order valence-electron chi connectivity index (χ0n) is 8.31. The van der Waals surface area contributed by atoms with E-state index in [-0.39, 0.29) is 0 Å². The smallest absolute Gasteiger partial charge is 0.193 e. The molecule has 0 aliphatic carbocycles. The van der Waals surface area contributed by atoms with Crippen molar-refractivity contribution < 1.29 is 0 Å². The van der Waals surface area contributed by atoms with Crippen molar-refractivity contribution in [3.05, 3.63) is 29.6 Å². The van der Waals surface area contributed by atoms with Gasteiger partial charge in [-0.2, -0.15) is 10.5 Å². The van der Waals surface area contributed by atoms with Gasteiger partial charge in [-0.15, -0.1) is 10.2 Å². The van der Waals surface area contributed by atoms with Crippen LogP contribution < -0.4 is 11.1 Å². The van der Waals surface area contributed by atoms with E-state index in [0.717, 1.165) is 0 Å². The molecule has 0 aliphatic rings. The standard InChI is InChI=1S/C9H9N7/c10-4-6-3-7(11)1-2-8(6)12-5-9-13-15-16-14-9/h1-3,12H,5,11H2,(H,13,14,15,16). The first-order valence-corrected chi connectivity index (χ1v) is 4.55. The summed E-state index contributed by atoms with van der Waals surface area (Å²) >= 11 is 0. The van der Waals surface area contributed by atoms with Crippen LogP contribution >= 0.6 is 0 Å².